The molecule has 1 amide bonds. The van der Waals surface area contributed by atoms with E-state index in [9.17, 15) is 29.7 Å². The van der Waals surface area contributed by atoms with E-state index in [2.05, 4.69) is 16.0 Å². The first kappa shape index (κ1) is 35.8. The van der Waals surface area contributed by atoms with Crippen molar-refractivity contribution in [1.29, 1.82) is 0 Å². The molecule has 0 saturated carbocycles. The number of aliphatic carboxylic acids is 1. The van der Waals surface area contributed by atoms with Crippen LogP contribution in [0.15, 0.2) is 65.7 Å². The minimum Gasteiger partial charge on any atom is -0.480 e. The second-order valence-electron chi connectivity index (χ2n) is 12.1. The molecule has 2 unspecified atom stereocenters. The van der Waals surface area contributed by atoms with Gasteiger partial charge in [-0.2, -0.15) is 0 Å². The van der Waals surface area contributed by atoms with Crippen molar-refractivity contribution in [2.45, 2.75) is 89.2 Å². The van der Waals surface area contributed by atoms with E-state index in [0.717, 1.165) is 29.8 Å². The van der Waals surface area contributed by atoms with Gasteiger partial charge in [-0.05, 0) is 49.8 Å². The fourth-order valence-electron chi connectivity index (χ4n) is 5.60. The highest BCUT2D eigenvalue weighted by Crippen LogP contribution is 2.21. The van der Waals surface area contributed by atoms with Gasteiger partial charge in [0.1, 0.15) is 25.1 Å². The third-order valence-electron chi connectivity index (χ3n) is 8.34. The molecule has 1 saturated heterocycles. The molecule has 6 atom stereocenters. The zero-order chi connectivity index (χ0) is 33.6. The fraction of sp³-hybridized carbons (Fsp3) is 0.529. The van der Waals surface area contributed by atoms with Crippen molar-refractivity contribution in [2.75, 3.05) is 19.6 Å². The van der Waals surface area contributed by atoms with Crippen LogP contribution in [-0.4, -0.2) is 94.3 Å². The maximum atomic E-state index is 12.4. The number of alkyl carbamates (subject to hydrolysis) is 1. The maximum Gasteiger partial charge on any atom is 0.408 e. The number of aliphatic hydroxyl groups is 2. The summed E-state index contributed by atoms with van der Waals surface area (Å²) in [6.45, 7) is 3.43. The number of benzene rings is 2. The number of likely N-dealkylation sites (tertiary alicyclic amines) is 1. The number of nitrogens with one attached hydrogen (secondary N) is 3. The summed E-state index contributed by atoms with van der Waals surface area (Å²) in [5.41, 5.74) is 1.74. The van der Waals surface area contributed by atoms with Gasteiger partial charge >= 0.3 is 18.0 Å². The Morgan fingerprint density at radius 1 is 0.936 bits per heavy atom. The van der Waals surface area contributed by atoms with Crippen LogP contribution in [0, 0.1) is 5.92 Å². The summed E-state index contributed by atoms with van der Waals surface area (Å²) < 4.78 is 10.6. The summed E-state index contributed by atoms with van der Waals surface area (Å²) in [7, 11) is 0. The number of hydrogen-bond donors (Lipinski definition) is 6. The first-order chi connectivity index (χ1) is 22.7. The standard InChI is InChI=1S/C34H47N5O8/c1-23(32(44)46-21-24-12-4-2-5-13-24)11-8-9-18-39-20-29(41)28(40)19-27-30(39)38-33(36-27)35-17-10-16-26(31(42)43)37-34(45)47-22-25-14-6-3-7-15-25/h2-7,12-15,23,26-29,33,35-36,40-41H,8-11,16-22H2,1H3,(H,37,45)(H,42,43)/t23-,26-,27?,28-,29+,33?/m0/s1. The Hall–Kier alpha value is -4.04. The topological polar surface area (TPSA) is 182 Å². The fourth-order valence-corrected chi connectivity index (χ4v) is 5.60. The molecule has 2 aromatic rings. The molecule has 0 bridgehead atoms. The van der Waals surface area contributed by atoms with E-state index in [1.54, 1.807) is 0 Å². The molecule has 0 aromatic heterocycles. The molecule has 2 aliphatic rings. The quantitative estimate of drug-likeness (QED) is 0.109. The number of fused-ring (bicyclic) bond motifs is 1. The first-order valence-corrected chi connectivity index (χ1v) is 16.3. The number of amidine groups is 1. The average Bonchev–Trinajstić information content (AvgIpc) is 3.43. The number of carbonyl (C=O) groups is 3. The molecule has 0 aliphatic carbocycles. The second kappa shape index (κ2) is 18.3. The largest absolute Gasteiger partial charge is 0.480 e. The summed E-state index contributed by atoms with van der Waals surface area (Å²) in [5.74, 6) is -0.864. The molecule has 2 heterocycles. The monoisotopic (exact) mass is 653 g/mol. The summed E-state index contributed by atoms with van der Waals surface area (Å²) in [4.78, 5) is 43.1. The normalized spacial score (nSPS) is 21.9. The van der Waals surface area contributed by atoms with Crippen LogP contribution in [-0.2, 0) is 32.3 Å². The van der Waals surface area contributed by atoms with Crippen LogP contribution in [0.2, 0.25) is 0 Å². The lowest BCUT2D eigenvalue weighted by Gasteiger charge is -2.26. The maximum absolute atomic E-state index is 12.4. The number of aliphatic hydroxyl groups excluding tert-OH is 2. The van der Waals surface area contributed by atoms with Gasteiger partial charge in [0.15, 0.2) is 6.29 Å². The summed E-state index contributed by atoms with van der Waals surface area (Å²) in [6, 6.07) is 17.3. The molecule has 4 rings (SSSR count). The minimum atomic E-state index is -1.15. The molecule has 47 heavy (non-hydrogen) atoms. The molecule has 0 spiro atoms. The van der Waals surface area contributed by atoms with E-state index in [0.29, 0.717) is 32.4 Å². The molecule has 256 valence electrons. The van der Waals surface area contributed by atoms with E-state index in [4.69, 9.17) is 14.5 Å². The number of aliphatic imine (C=N–C) groups is 1. The number of carboxylic acids is 1. The Morgan fingerprint density at radius 3 is 2.26 bits per heavy atom. The highest BCUT2D eigenvalue weighted by Gasteiger charge is 2.38. The Balaban J connectivity index is 1.19. The smallest absolute Gasteiger partial charge is 0.408 e. The molecular weight excluding hydrogens is 606 g/mol. The molecule has 6 N–H and O–H groups in total. The van der Waals surface area contributed by atoms with E-state index < -0.39 is 36.6 Å². The van der Waals surface area contributed by atoms with Crippen molar-refractivity contribution in [3.05, 3.63) is 71.8 Å². The van der Waals surface area contributed by atoms with Crippen molar-refractivity contribution in [1.82, 2.24) is 20.9 Å². The van der Waals surface area contributed by atoms with Crippen LogP contribution >= 0.6 is 0 Å². The molecule has 13 nitrogen and oxygen atoms in total. The minimum absolute atomic E-state index is 0.0428. The number of carboxylic acid groups (broad SMARTS) is 1. The van der Waals surface area contributed by atoms with Gasteiger partial charge in [-0.1, -0.05) is 74.0 Å². The third-order valence-corrected chi connectivity index (χ3v) is 8.34. The van der Waals surface area contributed by atoms with Crippen LogP contribution < -0.4 is 16.0 Å². The third kappa shape index (κ3) is 11.6. The van der Waals surface area contributed by atoms with Crippen molar-refractivity contribution in [3.63, 3.8) is 0 Å². The zero-order valence-electron chi connectivity index (χ0n) is 26.8. The van der Waals surface area contributed by atoms with Crippen molar-refractivity contribution in [2.24, 2.45) is 10.9 Å². The number of ether oxygens (including phenoxy) is 2. The predicted octanol–water partition coefficient (Wildman–Crippen LogP) is 2.37. The number of β-amino-alcohol motifs (C(OH)–C–C–N with tert-alkyl or cyclic N) is 1. The van der Waals surface area contributed by atoms with Gasteiger partial charge in [-0.3, -0.25) is 15.4 Å². The number of unbranched alkanes of at least 4 members (excludes halogenated alkanes) is 1. The van der Waals surface area contributed by atoms with Gasteiger partial charge in [0.2, 0.25) is 0 Å². The lowest BCUT2D eigenvalue weighted by atomic mass is 10.0. The number of nitrogens with zero attached hydrogens (tertiary/aromatic N) is 2. The highest BCUT2D eigenvalue weighted by molar-refractivity contribution is 5.89. The first-order valence-electron chi connectivity index (χ1n) is 16.3. The SMILES string of the molecule is C[C@@H](CCCCN1C[C@@H](O)[C@@H](O)CC2NC(NCCC[C@H](NC(=O)OCc3ccccc3)C(=O)O)N=C21)C(=O)OCc1ccccc1. The summed E-state index contributed by atoms with van der Waals surface area (Å²) >= 11 is 0. The second-order valence-corrected chi connectivity index (χ2v) is 12.1. The van der Waals surface area contributed by atoms with Crippen molar-refractivity contribution < 1.29 is 39.2 Å². The Kier molecular flexibility index (Phi) is 14.0. The average molecular weight is 654 g/mol. The zero-order valence-corrected chi connectivity index (χ0v) is 26.8. The Labute approximate surface area is 275 Å². The molecular formula is C34H47N5O8. The molecule has 2 aromatic carbocycles. The number of esters is 1. The Bertz CT molecular complexity index is 1310. The van der Waals surface area contributed by atoms with Crippen LogP contribution in [0.3, 0.4) is 0 Å². The number of carbonyl (C=O) groups excluding carboxylic acids is 2. The molecule has 1 fully saturated rings. The molecule has 13 heteroatoms. The van der Waals surface area contributed by atoms with E-state index in [-0.39, 0.29) is 44.1 Å². The Morgan fingerprint density at radius 2 is 1.60 bits per heavy atom. The highest BCUT2D eigenvalue weighted by atomic mass is 16.5. The summed E-state index contributed by atoms with van der Waals surface area (Å²) in [5, 5.41) is 39.6. The molecule has 2 aliphatic heterocycles. The van der Waals surface area contributed by atoms with Crippen LogP contribution in [0.25, 0.3) is 0 Å². The van der Waals surface area contributed by atoms with Crippen LogP contribution in [0.1, 0.15) is 56.6 Å². The van der Waals surface area contributed by atoms with E-state index in [1.165, 1.54) is 0 Å². The number of rotatable bonds is 17. The van der Waals surface area contributed by atoms with Crippen molar-refractivity contribution in [3.8, 4) is 0 Å². The lowest BCUT2D eigenvalue weighted by molar-refractivity contribution is -0.149. The van der Waals surface area contributed by atoms with Gasteiger partial charge in [-0.25, -0.2) is 14.6 Å². The molecule has 0 radical (unpaired) electrons. The van der Waals surface area contributed by atoms with Gasteiger partial charge in [0.25, 0.3) is 0 Å². The lowest BCUT2D eigenvalue weighted by Crippen LogP contribution is -2.46. The van der Waals surface area contributed by atoms with Gasteiger partial charge < -0.3 is 35.0 Å². The predicted molar refractivity (Wildman–Crippen MR) is 174 cm³/mol. The van der Waals surface area contributed by atoms with Gasteiger partial charge in [-0.15, -0.1) is 0 Å². The van der Waals surface area contributed by atoms with Crippen molar-refractivity contribution >= 4 is 23.9 Å². The summed E-state index contributed by atoms with van der Waals surface area (Å²) in [6.07, 6.45) is 0.0708. The van der Waals surface area contributed by atoms with E-state index >= 15 is 0 Å². The number of amides is 1. The van der Waals surface area contributed by atoms with Crippen LogP contribution in [0.4, 0.5) is 4.79 Å². The van der Waals surface area contributed by atoms with Gasteiger partial charge in [0, 0.05) is 13.1 Å². The van der Waals surface area contributed by atoms with E-state index in [1.807, 2.05) is 72.5 Å². The van der Waals surface area contributed by atoms with Crippen LogP contribution in [0.5, 0.6) is 0 Å². The van der Waals surface area contributed by atoms with Gasteiger partial charge in [0.05, 0.1) is 24.2 Å². The number of hydrogen-bond acceptors (Lipinski definition) is 11.